The molecule has 0 aliphatic heterocycles. The fraction of sp³-hybridized carbons (Fsp3) is 0.533. The van der Waals surface area contributed by atoms with Gasteiger partial charge in [0.15, 0.2) is 0 Å². The van der Waals surface area contributed by atoms with Gasteiger partial charge >= 0.3 is 0 Å². The molecule has 1 fully saturated rings. The van der Waals surface area contributed by atoms with Crippen molar-refractivity contribution in [2.75, 3.05) is 7.05 Å². The van der Waals surface area contributed by atoms with E-state index in [-0.39, 0.29) is 17.4 Å². The minimum Gasteiger partial charge on any atom is -0.507 e. The molecular formula is C15H20FNO2. The van der Waals surface area contributed by atoms with E-state index in [2.05, 4.69) is 0 Å². The number of aromatic hydroxyl groups is 1. The standard InChI is InChI=1S/C15H20FNO2/c1-17(11-7-4-2-3-5-8-11)15(19)14-12(16)9-6-10-13(14)18/h6,9-11,18H,2-5,7-8H2,1H3. The van der Waals surface area contributed by atoms with Crippen molar-refractivity contribution in [1.82, 2.24) is 4.90 Å². The Balaban J connectivity index is 2.18. The maximum absolute atomic E-state index is 13.7. The van der Waals surface area contributed by atoms with Crippen LogP contribution in [0.2, 0.25) is 0 Å². The summed E-state index contributed by atoms with van der Waals surface area (Å²) in [5.74, 6) is -1.38. The van der Waals surface area contributed by atoms with Crippen molar-refractivity contribution in [1.29, 1.82) is 0 Å². The Bertz CT molecular complexity index is 433. The van der Waals surface area contributed by atoms with E-state index in [9.17, 15) is 14.3 Å². The van der Waals surface area contributed by atoms with Gasteiger partial charge in [0.25, 0.3) is 5.91 Å². The molecule has 0 atom stereocenters. The highest BCUT2D eigenvalue weighted by Crippen LogP contribution is 2.26. The Morgan fingerprint density at radius 3 is 2.47 bits per heavy atom. The summed E-state index contributed by atoms with van der Waals surface area (Å²) < 4.78 is 13.7. The van der Waals surface area contributed by atoms with Crippen LogP contribution < -0.4 is 0 Å². The summed E-state index contributed by atoms with van der Waals surface area (Å²) >= 11 is 0. The van der Waals surface area contributed by atoms with Crippen LogP contribution in [0.15, 0.2) is 18.2 Å². The Hall–Kier alpha value is -1.58. The quantitative estimate of drug-likeness (QED) is 0.833. The maximum atomic E-state index is 13.7. The summed E-state index contributed by atoms with van der Waals surface area (Å²) in [5.41, 5.74) is -0.214. The number of hydrogen-bond acceptors (Lipinski definition) is 2. The summed E-state index contributed by atoms with van der Waals surface area (Å²) in [5, 5.41) is 9.68. The van der Waals surface area contributed by atoms with Crippen LogP contribution in [-0.4, -0.2) is 29.0 Å². The average molecular weight is 265 g/mol. The summed E-state index contributed by atoms with van der Waals surface area (Å²) in [4.78, 5) is 13.9. The molecule has 1 saturated carbocycles. The van der Waals surface area contributed by atoms with E-state index in [1.807, 2.05) is 0 Å². The molecule has 4 heteroatoms. The molecule has 0 aromatic heterocycles. The van der Waals surface area contributed by atoms with Crippen molar-refractivity contribution in [2.24, 2.45) is 0 Å². The van der Waals surface area contributed by atoms with Crippen LogP contribution in [0.1, 0.15) is 48.9 Å². The number of phenolic OH excluding ortho intramolecular Hbond substituents is 1. The second kappa shape index (κ2) is 6.04. The van der Waals surface area contributed by atoms with Gasteiger partial charge < -0.3 is 10.0 Å². The lowest BCUT2D eigenvalue weighted by Gasteiger charge is -2.27. The number of hydrogen-bond donors (Lipinski definition) is 1. The van der Waals surface area contributed by atoms with Crippen molar-refractivity contribution >= 4 is 5.91 Å². The van der Waals surface area contributed by atoms with Gasteiger partial charge in [-0.05, 0) is 25.0 Å². The largest absolute Gasteiger partial charge is 0.507 e. The molecule has 0 saturated heterocycles. The fourth-order valence-electron chi connectivity index (χ4n) is 2.71. The first-order chi connectivity index (χ1) is 9.11. The molecule has 0 bridgehead atoms. The van der Waals surface area contributed by atoms with E-state index < -0.39 is 11.7 Å². The van der Waals surface area contributed by atoms with Gasteiger partial charge in [-0.1, -0.05) is 31.7 Å². The van der Waals surface area contributed by atoms with Gasteiger partial charge in [0.2, 0.25) is 0 Å². The highest BCUT2D eigenvalue weighted by atomic mass is 19.1. The van der Waals surface area contributed by atoms with Crippen molar-refractivity contribution < 1.29 is 14.3 Å². The lowest BCUT2D eigenvalue weighted by molar-refractivity contribution is 0.0709. The molecule has 1 aliphatic carbocycles. The minimum absolute atomic E-state index is 0.147. The van der Waals surface area contributed by atoms with Gasteiger partial charge in [-0.2, -0.15) is 0 Å². The molecule has 3 nitrogen and oxygen atoms in total. The van der Waals surface area contributed by atoms with Crippen LogP contribution in [0, 0.1) is 5.82 Å². The molecule has 104 valence electrons. The predicted octanol–water partition coefficient (Wildman–Crippen LogP) is 3.33. The van der Waals surface area contributed by atoms with E-state index in [1.54, 1.807) is 11.9 Å². The zero-order chi connectivity index (χ0) is 13.8. The molecule has 1 amide bonds. The highest BCUT2D eigenvalue weighted by molar-refractivity contribution is 5.97. The second-order valence-electron chi connectivity index (χ2n) is 5.20. The topological polar surface area (TPSA) is 40.5 Å². The third-order valence-electron chi connectivity index (χ3n) is 3.90. The SMILES string of the molecule is CN(C(=O)c1c(O)cccc1F)C1CCCCCC1. The molecule has 1 N–H and O–H groups in total. The molecule has 1 aromatic rings. The van der Waals surface area contributed by atoms with Gasteiger partial charge in [-0.3, -0.25) is 4.79 Å². The summed E-state index contributed by atoms with van der Waals surface area (Å²) in [6, 6.07) is 4.09. The third-order valence-corrected chi connectivity index (χ3v) is 3.90. The third kappa shape index (κ3) is 3.06. The Labute approximate surface area is 113 Å². The number of benzene rings is 1. The van der Waals surface area contributed by atoms with Crippen LogP contribution in [0.4, 0.5) is 4.39 Å². The number of phenols is 1. The fourth-order valence-corrected chi connectivity index (χ4v) is 2.71. The zero-order valence-electron chi connectivity index (χ0n) is 11.2. The van der Waals surface area contributed by atoms with Gasteiger partial charge in [-0.25, -0.2) is 4.39 Å². The van der Waals surface area contributed by atoms with Gasteiger partial charge in [0.1, 0.15) is 17.1 Å². The Morgan fingerprint density at radius 2 is 1.89 bits per heavy atom. The van der Waals surface area contributed by atoms with Crippen molar-refractivity contribution in [2.45, 2.75) is 44.6 Å². The molecule has 1 aliphatic rings. The van der Waals surface area contributed by atoms with Crippen LogP contribution >= 0.6 is 0 Å². The number of nitrogens with zero attached hydrogens (tertiary/aromatic N) is 1. The van der Waals surface area contributed by atoms with E-state index in [4.69, 9.17) is 0 Å². The van der Waals surface area contributed by atoms with E-state index in [1.165, 1.54) is 31.0 Å². The van der Waals surface area contributed by atoms with Crippen molar-refractivity contribution in [3.8, 4) is 5.75 Å². The van der Waals surface area contributed by atoms with Crippen LogP contribution in [0.25, 0.3) is 0 Å². The first-order valence-corrected chi connectivity index (χ1v) is 6.86. The van der Waals surface area contributed by atoms with E-state index in [0.717, 1.165) is 25.7 Å². The zero-order valence-corrected chi connectivity index (χ0v) is 11.2. The first kappa shape index (κ1) is 13.8. The van der Waals surface area contributed by atoms with E-state index >= 15 is 0 Å². The Morgan fingerprint density at radius 1 is 1.26 bits per heavy atom. The smallest absolute Gasteiger partial charge is 0.260 e. The summed E-state index contributed by atoms with van der Waals surface area (Å²) in [6.45, 7) is 0. The highest BCUT2D eigenvalue weighted by Gasteiger charge is 2.26. The van der Waals surface area contributed by atoms with Gasteiger partial charge in [0, 0.05) is 13.1 Å². The first-order valence-electron chi connectivity index (χ1n) is 6.86. The van der Waals surface area contributed by atoms with Crippen LogP contribution in [0.5, 0.6) is 5.75 Å². The van der Waals surface area contributed by atoms with Crippen molar-refractivity contribution in [3.63, 3.8) is 0 Å². The van der Waals surface area contributed by atoms with Gasteiger partial charge in [0.05, 0.1) is 0 Å². The molecule has 1 aromatic carbocycles. The lowest BCUT2D eigenvalue weighted by Crippen LogP contribution is -2.37. The Kier molecular flexibility index (Phi) is 4.40. The van der Waals surface area contributed by atoms with Crippen LogP contribution in [0.3, 0.4) is 0 Å². The number of carbonyl (C=O) groups excluding carboxylic acids is 1. The molecule has 0 heterocycles. The van der Waals surface area contributed by atoms with Crippen LogP contribution in [-0.2, 0) is 0 Å². The molecule has 2 rings (SSSR count). The maximum Gasteiger partial charge on any atom is 0.260 e. The molecular weight excluding hydrogens is 245 g/mol. The second-order valence-corrected chi connectivity index (χ2v) is 5.20. The number of halogens is 1. The lowest BCUT2D eigenvalue weighted by atomic mass is 10.1. The predicted molar refractivity (Wildman–Crippen MR) is 71.6 cm³/mol. The molecule has 0 unspecified atom stereocenters. The average Bonchev–Trinajstić information content (AvgIpc) is 2.66. The molecule has 0 radical (unpaired) electrons. The minimum atomic E-state index is -0.662. The molecule has 0 spiro atoms. The number of carbonyl (C=O) groups is 1. The van der Waals surface area contributed by atoms with Crippen molar-refractivity contribution in [3.05, 3.63) is 29.6 Å². The normalized spacial score (nSPS) is 16.9. The monoisotopic (exact) mass is 265 g/mol. The van der Waals surface area contributed by atoms with Gasteiger partial charge in [-0.15, -0.1) is 0 Å². The summed E-state index contributed by atoms with van der Waals surface area (Å²) in [7, 11) is 1.70. The molecule has 19 heavy (non-hydrogen) atoms. The number of amides is 1. The summed E-state index contributed by atoms with van der Waals surface area (Å²) in [6.07, 6.45) is 6.51. The number of rotatable bonds is 2. The van der Waals surface area contributed by atoms with E-state index in [0.29, 0.717) is 0 Å².